The van der Waals surface area contributed by atoms with Crippen molar-refractivity contribution in [3.63, 3.8) is 0 Å². The molecule has 3 aromatic carbocycles. The SMILES string of the molecule is Cc1ccc(-c2nnc(SCC(=O)Nc3ccccc3Cc3ccccc3)o2)cc1. The van der Waals surface area contributed by atoms with Crippen LogP contribution in [0.4, 0.5) is 5.69 Å². The fourth-order valence-corrected chi connectivity index (χ4v) is 3.57. The molecule has 1 heterocycles. The highest BCUT2D eigenvalue weighted by Gasteiger charge is 2.12. The Morgan fingerprint density at radius 1 is 0.933 bits per heavy atom. The van der Waals surface area contributed by atoms with Gasteiger partial charge in [-0.25, -0.2) is 0 Å². The molecule has 30 heavy (non-hydrogen) atoms. The number of hydrogen-bond acceptors (Lipinski definition) is 5. The molecule has 0 fully saturated rings. The molecule has 0 unspecified atom stereocenters. The van der Waals surface area contributed by atoms with Crippen molar-refractivity contribution in [3.8, 4) is 11.5 Å². The van der Waals surface area contributed by atoms with Gasteiger partial charge in [0.05, 0.1) is 5.75 Å². The molecule has 1 amide bonds. The third-order valence-electron chi connectivity index (χ3n) is 4.56. The van der Waals surface area contributed by atoms with E-state index >= 15 is 0 Å². The van der Waals surface area contributed by atoms with Crippen molar-refractivity contribution in [1.82, 2.24) is 10.2 Å². The van der Waals surface area contributed by atoms with Gasteiger partial charge in [-0.05, 0) is 42.7 Å². The van der Waals surface area contributed by atoms with E-state index in [1.807, 2.05) is 73.7 Å². The Kier molecular flexibility index (Phi) is 6.25. The van der Waals surface area contributed by atoms with Crippen LogP contribution in [-0.4, -0.2) is 21.9 Å². The maximum Gasteiger partial charge on any atom is 0.277 e. The zero-order valence-electron chi connectivity index (χ0n) is 16.5. The van der Waals surface area contributed by atoms with Gasteiger partial charge in [0.15, 0.2) is 0 Å². The summed E-state index contributed by atoms with van der Waals surface area (Å²) in [5.41, 5.74) is 5.11. The Balaban J connectivity index is 1.36. The predicted molar refractivity (Wildman–Crippen MR) is 120 cm³/mol. The number of rotatable bonds is 7. The topological polar surface area (TPSA) is 68.0 Å². The molecular weight excluding hydrogens is 394 g/mol. The highest BCUT2D eigenvalue weighted by molar-refractivity contribution is 7.99. The molecule has 5 nitrogen and oxygen atoms in total. The van der Waals surface area contributed by atoms with E-state index in [0.29, 0.717) is 11.1 Å². The predicted octanol–water partition coefficient (Wildman–Crippen LogP) is 5.37. The van der Waals surface area contributed by atoms with Gasteiger partial charge < -0.3 is 9.73 Å². The second-order valence-electron chi connectivity index (χ2n) is 6.90. The molecule has 0 bridgehead atoms. The van der Waals surface area contributed by atoms with Crippen LogP contribution in [0.2, 0.25) is 0 Å². The number of anilines is 1. The average Bonchev–Trinajstić information content (AvgIpc) is 3.24. The summed E-state index contributed by atoms with van der Waals surface area (Å²) in [5, 5.41) is 11.5. The number of aryl methyl sites for hydroxylation is 1. The van der Waals surface area contributed by atoms with Crippen LogP contribution >= 0.6 is 11.8 Å². The molecule has 0 aliphatic carbocycles. The lowest BCUT2D eigenvalue weighted by Crippen LogP contribution is -2.15. The van der Waals surface area contributed by atoms with Gasteiger partial charge >= 0.3 is 0 Å². The molecule has 0 aliphatic rings. The van der Waals surface area contributed by atoms with E-state index in [1.54, 1.807) is 0 Å². The number of carbonyl (C=O) groups excluding carboxylic acids is 1. The Hall–Kier alpha value is -3.38. The van der Waals surface area contributed by atoms with E-state index in [2.05, 4.69) is 27.6 Å². The number of para-hydroxylation sites is 1. The number of aromatic nitrogens is 2. The van der Waals surface area contributed by atoms with E-state index in [-0.39, 0.29) is 11.7 Å². The maximum absolute atomic E-state index is 12.5. The first-order chi connectivity index (χ1) is 14.7. The van der Waals surface area contributed by atoms with Crippen LogP contribution in [0.15, 0.2) is 88.5 Å². The molecule has 4 rings (SSSR count). The van der Waals surface area contributed by atoms with Crippen molar-refractivity contribution in [2.75, 3.05) is 11.1 Å². The first-order valence-corrected chi connectivity index (χ1v) is 10.6. The first-order valence-electron chi connectivity index (χ1n) is 9.62. The largest absolute Gasteiger partial charge is 0.411 e. The number of carbonyl (C=O) groups is 1. The summed E-state index contributed by atoms with van der Waals surface area (Å²) in [5.74, 6) is 0.525. The lowest BCUT2D eigenvalue weighted by molar-refractivity contribution is -0.113. The minimum absolute atomic E-state index is 0.115. The summed E-state index contributed by atoms with van der Waals surface area (Å²) < 4.78 is 5.67. The zero-order valence-corrected chi connectivity index (χ0v) is 17.4. The third kappa shape index (κ3) is 5.15. The van der Waals surface area contributed by atoms with Crippen LogP contribution in [-0.2, 0) is 11.2 Å². The van der Waals surface area contributed by atoms with Crippen molar-refractivity contribution in [1.29, 1.82) is 0 Å². The van der Waals surface area contributed by atoms with Crippen LogP contribution in [0.3, 0.4) is 0 Å². The number of nitrogens with zero attached hydrogens (tertiary/aromatic N) is 2. The summed E-state index contributed by atoms with van der Waals surface area (Å²) >= 11 is 1.22. The van der Waals surface area contributed by atoms with E-state index in [4.69, 9.17) is 4.42 Å². The van der Waals surface area contributed by atoms with Crippen LogP contribution in [0, 0.1) is 6.92 Å². The van der Waals surface area contributed by atoms with Crippen molar-refractivity contribution in [3.05, 3.63) is 95.6 Å². The van der Waals surface area contributed by atoms with Crippen molar-refractivity contribution in [2.24, 2.45) is 0 Å². The fraction of sp³-hybridized carbons (Fsp3) is 0.125. The Bertz CT molecular complexity index is 1120. The Morgan fingerprint density at radius 3 is 2.47 bits per heavy atom. The van der Waals surface area contributed by atoms with Crippen LogP contribution in [0.5, 0.6) is 0 Å². The molecule has 0 atom stereocenters. The number of amides is 1. The van der Waals surface area contributed by atoms with Gasteiger partial charge in [0.2, 0.25) is 11.8 Å². The van der Waals surface area contributed by atoms with Crippen LogP contribution in [0.25, 0.3) is 11.5 Å². The lowest BCUT2D eigenvalue weighted by atomic mass is 10.0. The second-order valence-corrected chi connectivity index (χ2v) is 7.82. The standard InChI is InChI=1S/C24H21N3O2S/c1-17-11-13-19(14-12-17)23-26-27-24(29-23)30-16-22(28)25-21-10-6-5-9-20(21)15-18-7-3-2-4-8-18/h2-14H,15-16H2,1H3,(H,25,28). The highest BCUT2D eigenvalue weighted by atomic mass is 32.2. The minimum Gasteiger partial charge on any atom is -0.411 e. The molecule has 0 spiro atoms. The van der Waals surface area contributed by atoms with E-state index in [0.717, 1.165) is 28.8 Å². The Morgan fingerprint density at radius 2 is 1.67 bits per heavy atom. The molecule has 6 heteroatoms. The second kappa shape index (κ2) is 9.41. The summed E-state index contributed by atoms with van der Waals surface area (Å²) in [6.07, 6.45) is 0.758. The third-order valence-corrected chi connectivity index (χ3v) is 5.38. The fourth-order valence-electron chi connectivity index (χ4n) is 3.01. The molecule has 0 saturated heterocycles. The average molecular weight is 416 g/mol. The molecule has 0 aliphatic heterocycles. The van der Waals surface area contributed by atoms with E-state index in [9.17, 15) is 4.79 Å². The quantitative estimate of drug-likeness (QED) is 0.411. The molecule has 0 radical (unpaired) electrons. The first kappa shape index (κ1) is 19.9. The summed E-state index contributed by atoms with van der Waals surface area (Å²) in [6.45, 7) is 2.02. The van der Waals surface area contributed by atoms with Crippen LogP contribution < -0.4 is 5.32 Å². The van der Waals surface area contributed by atoms with E-state index < -0.39 is 0 Å². The lowest BCUT2D eigenvalue weighted by Gasteiger charge is -2.11. The maximum atomic E-state index is 12.5. The zero-order chi connectivity index (χ0) is 20.8. The number of hydrogen-bond donors (Lipinski definition) is 1. The molecule has 4 aromatic rings. The molecule has 1 N–H and O–H groups in total. The van der Waals surface area contributed by atoms with Gasteiger partial charge in [-0.1, -0.05) is 78.0 Å². The van der Waals surface area contributed by atoms with Gasteiger partial charge in [-0.2, -0.15) is 0 Å². The van der Waals surface area contributed by atoms with Gasteiger partial charge in [-0.15, -0.1) is 10.2 Å². The number of thioether (sulfide) groups is 1. The monoisotopic (exact) mass is 415 g/mol. The number of benzene rings is 3. The summed E-state index contributed by atoms with van der Waals surface area (Å²) in [7, 11) is 0. The van der Waals surface area contributed by atoms with Gasteiger partial charge in [0.25, 0.3) is 5.22 Å². The van der Waals surface area contributed by atoms with Crippen molar-refractivity contribution in [2.45, 2.75) is 18.6 Å². The number of nitrogens with one attached hydrogen (secondary N) is 1. The Labute approximate surface area is 179 Å². The van der Waals surface area contributed by atoms with Crippen molar-refractivity contribution < 1.29 is 9.21 Å². The highest BCUT2D eigenvalue weighted by Crippen LogP contribution is 2.24. The molecular formula is C24H21N3O2S. The summed E-state index contributed by atoms with van der Waals surface area (Å²) in [4.78, 5) is 12.5. The smallest absolute Gasteiger partial charge is 0.277 e. The summed E-state index contributed by atoms with van der Waals surface area (Å²) in [6, 6.07) is 25.9. The van der Waals surface area contributed by atoms with Gasteiger partial charge in [0, 0.05) is 11.3 Å². The van der Waals surface area contributed by atoms with Gasteiger partial charge in [0.1, 0.15) is 0 Å². The normalized spacial score (nSPS) is 10.7. The van der Waals surface area contributed by atoms with E-state index in [1.165, 1.54) is 17.3 Å². The van der Waals surface area contributed by atoms with Crippen molar-refractivity contribution >= 4 is 23.4 Å². The molecule has 0 saturated carbocycles. The van der Waals surface area contributed by atoms with Gasteiger partial charge in [-0.3, -0.25) is 4.79 Å². The minimum atomic E-state index is -0.115. The van der Waals surface area contributed by atoms with Crippen LogP contribution in [0.1, 0.15) is 16.7 Å². The molecule has 1 aromatic heterocycles. The molecule has 150 valence electrons.